The lowest BCUT2D eigenvalue weighted by Gasteiger charge is -2.09. The predicted molar refractivity (Wildman–Crippen MR) is 90.3 cm³/mol. The van der Waals surface area contributed by atoms with E-state index in [-0.39, 0.29) is 11.6 Å². The molecular weight excluding hydrogens is 316 g/mol. The van der Waals surface area contributed by atoms with E-state index in [2.05, 4.69) is 20.6 Å². The quantitative estimate of drug-likeness (QED) is 0.761. The first-order valence-corrected chi connectivity index (χ1v) is 7.60. The van der Waals surface area contributed by atoms with E-state index in [0.717, 1.165) is 17.7 Å². The molecule has 1 aromatic heterocycles. The van der Waals surface area contributed by atoms with Gasteiger partial charge in [0.15, 0.2) is 0 Å². The molecule has 23 heavy (non-hydrogen) atoms. The molecule has 0 aliphatic rings. The highest BCUT2D eigenvalue weighted by atomic mass is 35.5. The highest BCUT2D eigenvalue weighted by Gasteiger charge is 2.08. The summed E-state index contributed by atoms with van der Waals surface area (Å²) in [5, 5.41) is 6.53. The van der Waals surface area contributed by atoms with E-state index in [4.69, 9.17) is 16.3 Å². The third kappa shape index (κ3) is 5.19. The topological polar surface area (TPSA) is 76.1 Å². The summed E-state index contributed by atoms with van der Waals surface area (Å²) in [4.78, 5) is 20.2. The summed E-state index contributed by atoms with van der Waals surface area (Å²) >= 11 is 5.98. The van der Waals surface area contributed by atoms with Gasteiger partial charge in [-0.3, -0.25) is 4.79 Å². The minimum Gasteiger partial charge on any atom is -0.385 e. The Morgan fingerprint density at radius 2 is 2.13 bits per heavy atom. The summed E-state index contributed by atoms with van der Waals surface area (Å²) in [6, 6.07) is 5.56. The van der Waals surface area contributed by atoms with Crippen molar-refractivity contribution in [2.24, 2.45) is 0 Å². The molecule has 0 aliphatic carbocycles. The summed E-state index contributed by atoms with van der Waals surface area (Å²) in [5.74, 6) is 0.297. The van der Waals surface area contributed by atoms with Crippen molar-refractivity contribution in [3.63, 3.8) is 0 Å². The average Bonchev–Trinajstić information content (AvgIpc) is 2.55. The lowest BCUT2D eigenvalue weighted by Crippen LogP contribution is -2.26. The van der Waals surface area contributed by atoms with Crippen molar-refractivity contribution in [2.75, 3.05) is 25.6 Å². The highest BCUT2D eigenvalue weighted by molar-refractivity contribution is 6.30. The number of ether oxygens (including phenoxy) is 1. The second kappa shape index (κ2) is 8.45. The zero-order valence-corrected chi connectivity index (χ0v) is 13.9. The third-order valence-electron chi connectivity index (χ3n) is 3.16. The molecule has 122 valence electrons. The van der Waals surface area contributed by atoms with Crippen LogP contribution in [0.15, 0.2) is 30.6 Å². The number of rotatable bonds is 7. The molecule has 1 heterocycles. The first-order valence-electron chi connectivity index (χ1n) is 7.22. The monoisotopic (exact) mass is 334 g/mol. The van der Waals surface area contributed by atoms with Gasteiger partial charge in [0.2, 0.25) is 0 Å². The van der Waals surface area contributed by atoms with Gasteiger partial charge in [-0.05, 0) is 31.0 Å². The van der Waals surface area contributed by atoms with Crippen LogP contribution in [0, 0.1) is 6.92 Å². The number of nitrogens with zero attached hydrogens (tertiary/aromatic N) is 2. The second-order valence-corrected chi connectivity index (χ2v) is 5.41. The van der Waals surface area contributed by atoms with Gasteiger partial charge in [-0.1, -0.05) is 17.7 Å². The van der Waals surface area contributed by atoms with Crippen molar-refractivity contribution in [2.45, 2.75) is 13.3 Å². The third-order valence-corrected chi connectivity index (χ3v) is 3.39. The van der Waals surface area contributed by atoms with Crippen LogP contribution in [0.2, 0.25) is 5.02 Å². The van der Waals surface area contributed by atoms with Crippen molar-refractivity contribution >= 4 is 29.0 Å². The molecule has 0 unspecified atom stereocenters. The van der Waals surface area contributed by atoms with Crippen molar-refractivity contribution in [3.8, 4) is 0 Å². The molecule has 0 atom stereocenters. The molecule has 1 aromatic carbocycles. The molecule has 0 spiro atoms. The Morgan fingerprint density at radius 3 is 2.83 bits per heavy atom. The van der Waals surface area contributed by atoms with Gasteiger partial charge in [0.05, 0.1) is 12.4 Å². The molecule has 0 fully saturated rings. The summed E-state index contributed by atoms with van der Waals surface area (Å²) < 4.78 is 4.92. The van der Waals surface area contributed by atoms with E-state index >= 15 is 0 Å². The summed E-state index contributed by atoms with van der Waals surface area (Å²) in [6.07, 6.45) is 3.71. The van der Waals surface area contributed by atoms with Crippen LogP contribution in [-0.4, -0.2) is 36.1 Å². The molecule has 7 heteroatoms. The van der Waals surface area contributed by atoms with E-state index in [1.54, 1.807) is 7.11 Å². The number of hydrogen-bond acceptors (Lipinski definition) is 5. The van der Waals surface area contributed by atoms with Crippen LogP contribution in [0.1, 0.15) is 22.5 Å². The van der Waals surface area contributed by atoms with E-state index in [1.165, 1.54) is 12.4 Å². The SMILES string of the molecule is COCCCNC(=O)c1cnc(Nc2cc(Cl)ccc2C)cn1. The molecule has 2 N–H and O–H groups in total. The van der Waals surface area contributed by atoms with Crippen molar-refractivity contribution in [1.29, 1.82) is 0 Å². The van der Waals surface area contributed by atoms with Crippen molar-refractivity contribution in [3.05, 3.63) is 46.9 Å². The molecule has 2 rings (SSSR count). The molecule has 0 saturated heterocycles. The van der Waals surface area contributed by atoms with Crippen molar-refractivity contribution in [1.82, 2.24) is 15.3 Å². The maximum absolute atomic E-state index is 11.9. The lowest BCUT2D eigenvalue weighted by molar-refractivity contribution is 0.0943. The van der Waals surface area contributed by atoms with E-state index in [9.17, 15) is 4.79 Å². The maximum atomic E-state index is 11.9. The Bertz CT molecular complexity index is 662. The van der Waals surface area contributed by atoms with Gasteiger partial charge in [0, 0.05) is 31.0 Å². The minimum atomic E-state index is -0.251. The lowest BCUT2D eigenvalue weighted by atomic mass is 10.2. The molecule has 1 amide bonds. The van der Waals surface area contributed by atoms with E-state index < -0.39 is 0 Å². The van der Waals surface area contributed by atoms with Crippen LogP contribution in [0.4, 0.5) is 11.5 Å². The fourth-order valence-corrected chi connectivity index (χ4v) is 2.06. The van der Waals surface area contributed by atoms with Gasteiger partial charge in [0.1, 0.15) is 11.5 Å². The number of aromatic nitrogens is 2. The first kappa shape index (κ1) is 17.2. The van der Waals surface area contributed by atoms with Gasteiger partial charge in [-0.2, -0.15) is 0 Å². The zero-order valence-electron chi connectivity index (χ0n) is 13.1. The van der Waals surface area contributed by atoms with E-state index in [0.29, 0.717) is 24.0 Å². The van der Waals surface area contributed by atoms with Gasteiger partial charge in [-0.25, -0.2) is 9.97 Å². The van der Waals surface area contributed by atoms with Crippen molar-refractivity contribution < 1.29 is 9.53 Å². The summed E-state index contributed by atoms with van der Waals surface area (Å²) in [5.41, 5.74) is 2.16. The predicted octanol–water partition coefficient (Wildman–Crippen LogP) is 2.95. The number of carbonyl (C=O) groups excluding carboxylic acids is 1. The normalized spacial score (nSPS) is 10.4. The molecule has 0 bridgehead atoms. The van der Waals surface area contributed by atoms with Gasteiger partial charge in [0.25, 0.3) is 5.91 Å². The average molecular weight is 335 g/mol. The Kier molecular flexibility index (Phi) is 6.31. The number of halogens is 1. The largest absolute Gasteiger partial charge is 0.385 e. The number of aryl methyl sites for hydroxylation is 1. The zero-order chi connectivity index (χ0) is 16.7. The molecule has 0 aliphatic heterocycles. The number of carbonyl (C=O) groups is 1. The number of methoxy groups -OCH3 is 1. The standard InChI is InChI=1S/C16H19ClN4O2/c1-11-4-5-12(17)8-13(11)21-15-10-19-14(9-20-15)16(22)18-6-3-7-23-2/h4-5,8-10H,3,6-7H2,1-2H3,(H,18,22)(H,20,21). The highest BCUT2D eigenvalue weighted by Crippen LogP contribution is 2.22. The number of hydrogen-bond donors (Lipinski definition) is 2. The first-order chi connectivity index (χ1) is 11.1. The molecule has 0 saturated carbocycles. The van der Waals surface area contributed by atoms with E-state index in [1.807, 2.05) is 25.1 Å². The van der Waals surface area contributed by atoms with Gasteiger partial charge in [-0.15, -0.1) is 0 Å². The molecule has 0 radical (unpaired) electrons. The number of anilines is 2. The maximum Gasteiger partial charge on any atom is 0.271 e. The molecular formula is C16H19ClN4O2. The van der Waals surface area contributed by atoms with Crippen LogP contribution < -0.4 is 10.6 Å². The number of benzene rings is 1. The molecule has 6 nitrogen and oxygen atoms in total. The van der Waals surface area contributed by atoms with Crippen LogP contribution in [-0.2, 0) is 4.74 Å². The molecule has 2 aromatic rings. The van der Waals surface area contributed by atoms with Gasteiger partial charge >= 0.3 is 0 Å². The fourth-order valence-electron chi connectivity index (χ4n) is 1.89. The number of nitrogens with one attached hydrogen (secondary N) is 2. The Labute approximate surface area is 140 Å². The Balaban J connectivity index is 1.96. The van der Waals surface area contributed by atoms with Crippen LogP contribution in [0.25, 0.3) is 0 Å². The minimum absolute atomic E-state index is 0.251. The van der Waals surface area contributed by atoms with Crippen LogP contribution >= 0.6 is 11.6 Å². The van der Waals surface area contributed by atoms with Crippen LogP contribution in [0.5, 0.6) is 0 Å². The Hall–Kier alpha value is -2.18. The number of amides is 1. The summed E-state index contributed by atoms with van der Waals surface area (Å²) in [7, 11) is 1.63. The van der Waals surface area contributed by atoms with Gasteiger partial charge < -0.3 is 15.4 Å². The Morgan fingerprint density at radius 1 is 1.30 bits per heavy atom. The van der Waals surface area contributed by atoms with Crippen LogP contribution in [0.3, 0.4) is 0 Å². The fraction of sp³-hybridized carbons (Fsp3) is 0.312. The second-order valence-electron chi connectivity index (χ2n) is 4.97. The summed E-state index contributed by atoms with van der Waals surface area (Å²) in [6.45, 7) is 3.11. The smallest absolute Gasteiger partial charge is 0.271 e.